The summed E-state index contributed by atoms with van der Waals surface area (Å²) in [7, 11) is 0. The minimum absolute atomic E-state index is 0.0935. The van der Waals surface area contributed by atoms with Gasteiger partial charge in [-0.25, -0.2) is 0 Å². The van der Waals surface area contributed by atoms with Gasteiger partial charge < -0.3 is 5.32 Å². The van der Waals surface area contributed by atoms with Crippen LogP contribution in [0, 0.1) is 5.92 Å². The third-order valence-corrected chi connectivity index (χ3v) is 3.33. The molecule has 12 heavy (non-hydrogen) atoms. The van der Waals surface area contributed by atoms with Crippen molar-refractivity contribution in [1.29, 1.82) is 0 Å². The average molecular weight is 234 g/mol. The third kappa shape index (κ3) is 3.57. The Bertz CT molecular complexity index is 153. The summed E-state index contributed by atoms with van der Waals surface area (Å²) >= 11 is 3.61. The molecule has 0 saturated heterocycles. The van der Waals surface area contributed by atoms with Gasteiger partial charge in [0.1, 0.15) is 0 Å². The molecular formula is C9H16BrNO. The zero-order chi connectivity index (χ0) is 8.97. The number of alkyl halides is 1. The third-order valence-electron chi connectivity index (χ3n) is 2.42. The van der Waals surface area contributed by atoms with Crippen LogP contribution in [0.3, 0.4) is 0 Å². The fourth-order valence-corrected chi connectivity index (χ4v) is 2.14. The van der Waals surface area contributed by atoms with Crippen molar-refractivity contribution in [3.8, 4) is 0 Å². The zero-order valence-corrected chi connectivity index (χ0v) is 9.06. The smallest absolute Gasteiger partial charge is 0.216 e. The summed E-state index contributed by atoms with van der Waals surface area (Å²) in [5, 5.41) is 2.88. The first kappa shape index (κ1) is 10.0. The van der Waals surface area contributed by atoms with Gasteiger partial charge in [-0.15, -0.1) is 0 Å². The fourth-order valence-electron chi connectivity index (χ4n) is 1.61. The van der Waals surface area contributed by atoms with Gasteiger partial charge in [-0.3, -0.25) is 4.79 Å². The molecule has 0 heterocycles. The van der Waals surface area contributed by atoms with E-state index in [2.05, 4.69) is 21.2 Å². The second-order valence-electron chi connectivity index (χ2n) is 3.56. The molecule has 0 atom stereocenters. The monoisotopic (exact) mass is 233 g/mol. The van der Waals surface area contributed by atoms with Crippen LogP contribution >= 0.6 is 15.9 Å². The molecule has 0 unspecified atom stereocenters. The molecule has 1 aliphatic rings. The Kier molecular flexibility index (Phi) is 4.06. The Morgan fingerprint density at radius 3 is 2.50 bits per heavy atom. The first-order valence-corrected chi connectivity index (χ1v) is 5.48. The van der Waals surface area contributed by atoms with Crippen molar-refractivity contribution in [2.75, 3.05) is 6.54 Å². The molecule has 0 aromatic carbocycles. The van der Waals surface area contributed by atoms with Crippen LogP contribution in [0.15, 0.2) is 0 Å². The number of hydrogen-bond acceptors (Lipinski definition) is 1. The Labute approximate surface area is 82.2 Å². The van der Waals surface area contributed by atoms with E-state index in [1.54, 1.807) is 6.92 Å². The predicted molar refractivity (Wildman–Crippen MR) is 53.4 cm³/mol. The lowest BCUT2D eigenvalue weighted by atomic mass is 9.89. The maximum Gasteiger partial charge on any atom is 0.216 e. The highest BCUT2D eigenvalue weighted by atomic mass is 79.9. The minimum Gasteiger partial charge on any atom is -0.356 e. The highest BCUT2D eigenvalue weighted by molar-refractivity contribution is 9.09. The summed E-state index contributed by atoms with van der Waals surface area (Å²) in [5.41, 5.74) is 0. The standard InChI is InChI=1S/C9H16BrNO/c1-7(12)11-6-8-2-4-9(10)5-3-8/h8-9H,2-6H2,1H3,(H,11,12). The second-order valence-corrected chi connectivity index (χ2v) is 4.85. The van der Waals surface area contributed by atoms with Crippen molar-refractivity contribution in [3.63, 3.8) is 0 Å². The molecule has 0 bridgehead atoms. The van der Waals surface area contributed by atoms with Crippen LogP contribution in [-0.4, -0.2) is 17.3 Å². The number of carbonyl (C=O) groups is 1. The maximum absolute atomic E-state index is 10.6. The van der Waals surface area contributed by atoms with E-state index in [0.29, 0.717) is 10.7 Å². The molecule has 3 heteroatoms. The van der Waals surface area contributed by atoms with E-state index in [1.807, 2.05) is 0 Å². The summed E-state index contributed by atoms with van der Waals surface area (Å²) in [4.78, 5) is 11.3. The Hall–Kier alpha value is -0.0500. The Balaban J connectivity index is 2.13. The molecule has 1 N–H and O–H groups in total. The molecule has 0 aromatic rings. The summed E-state index contributed by atoms with van der Waals surface area (Å²) in [5.74, 6) is 0.804. The van der Waals surface area contributed by atoms with Gasteiger partial charge in [0.05, 0.1) is 0 Å². The van der Waals surface area contributed by atoms with Crippen molar-refractivity contribution in [1.82, 2.24) is 5.32 Å². The van der Waals surface area contributed by atoms with Gasteiger partial charge in [0, 0.05) is 18.3 Å². The largest absolute Gasteiger partial charge is 0.356 e. The normalized spacial score (nSPS) is 29.8. The van der Waals surface area contributed by atoms with Crippen molar-refractivity contribution < 1.29 is 4.79 Å². The molecule has 1 saturated carbocycles. The van der Waals surface area contributed by atoms with Crippen molar-refractivity contribution in [2.24, 2.45) is 5.92 Å². The van der Waals surface area contributed by atoms with Gasteiger partial charge >= 0.3 is 0 Å². The predicted octanol–water partition coefficient (Wildman–Crippen LogP) is 2.08. The number of nitrogens with one attached hydrogen (secondary N) is 1. The Morgan fingerprint density at radius 1 is 1.42 bits per heavy atom. The van der Waals surface area contributed by atoms with Gasteiger partial charge in [-0.2, -0.15) is 0 Å². The van der Waals surface area contributed by atoms with E-state index in [-0.39, 0.29) is 5.91 Å². The van der Waals surface area contributed by atoms with E-state index in [0.717, 1.165) is 6.54 Å². The minimum atomic E-state index is 0.0935. The molecule has 0 aromatic heterocycles. The molecule has 0 spiro atoms. The number of rotatable bonds is 2. The highest BCUT2D eigenvalue weighted by Crippen LogP contribution is 2.27. The molecule has 1 aliphatic carbocycles. The molecule has 0 radical (unpaired) electrons. The number of amides is 1. The maximum atomic E-state index is 10.6. The summed E-state index contributed by atoms with van der Waals surface area (Å²) < 4.78 is 0. The molecule has 70 valence electrons. The van der Waals surface area contributed by atoms with Crippen LogP contribution in [0.1, 0.15) is 32.6 Å². The van der Waals surface area contributed by atoms with Gasteiger partial charge in [0.25, 0.3) is 0 Å². The molecule has 2 nitrogen and oxygen atoms in total. The van der Waals surface area contributed by atoms with Crippen LogP contribution in [0.2, 0.25) is 0 Å². The number of halogens is 1. The van der Waals surface area contributed by atoms with E-state index in [4.69, 9.17) is 0 Å². The summed E-state index contributed by atoms with van der Waals surface area (Å²) in [6.07, 6.45) is 5.00. The molecule has 1 amide bonds. The van der Waals surface area contributed by atoms with E-state index >= 15 is 0 Å². The molecule has 0 aliphatic heterocycles. The van der Waals surface area contributed by atoms with Crippen LogP contribution < -0.4 is 5.32 Å². The van der Waals surface area contributed by atoms with Crippen LogP contribution in [0.4, 0.5) is 0 Å². The lowest BCUT2D eigenvalue weighted by Crippen LogP contribution is -2.29. The SMILES string of the molecule is CC(=O)NCC1CCC(Br)CC1. The van der Waals surface area contributed by atoms with Crippen LogP contribution in [0.25, 0.3) is 0 Å². The number of hydrogen-bond donors (Lipinski definition) is 1. The Morgan fingerprint density at radius 2 is 2.00 bits per heavy atom. The molecule has 1 rings (SSSR count). The summed E-state index contributed by atoms with van der Waals surface area (Å²) in [6, 6.07) is 0. The fraction of sp³-hybridized carbons (Fsp3) is 0.889. The van der Waals surface area contributed by atoms with Gasteiger partial charge in [0.15, 0.2) is 0 Å². The zero-order valence-electron chi connectivity index (χ0n) is 7.48. The topological polar surface area (TPSA) is 29.1 Å². The van der Waals surface area contributed by atoms with E-state index < -0.39 is 0 Å². The van der Waals surface area contributed by atoms with Gasteiger partial charge in [-0.05, 0) is 31.6 Å². The van der Waals surface area contributed by atoms with Crippen molar-refractivity contribution in [2.45, 2.75) is 37.4 Å². The van der Waals surface area contributed by atoms with Crippen LogP contribution in [-0.2, 0) is 4.79 Å². The van der Waals surface area contributed by atoms with Gasteiger partial charge in [-0.1, -0.05) is 15.9 Å². The van der Waals surface area contributed by atoms with Gasteiger partial charge in [0.2, 0.25) is 5.91 Å². The van der Waals surface area contributed by atoms with Crippen LogP contribution in [0.5, 0.6) is 0 Å². The van der Waals surface area contributed by atoms with E-state index in [9.17, 15) is 4.79 Å². The molecule has 1 fully saturated rings. The average Bonchev–Trinajstić information content (AvgIpc) is 2.03. The lowest BCUT2D eigenvalue weighted by Gasteiger charge is -2.24. The van der Waals surface area contributed by atoms with Crippen molar-refractivity contribution in [3.05, 3.63) is 0 Å². The quantitative estimate of drug-likeness (QED) is 0.728. The number of carbonyl (C=O) groups excluding carboxylic acids is 1. The highest BCUT2D eigenvalue weighted by Gasteiger charge is 2.18. The summed E-state index contributed by atoms with van der Waals surface area (Å²) in [6.45, 7) is 2.45. The first-order valence-electron chi connectivity index (χ1n) is 4.57. The molecular weight excluding hydrogens is 218 g/mol. The van der Waals surface area contributed by atoms with Crippen molar-refractivity contribution >= 4 is 21.8 Å². The lowest BCUT2D eigenvalue weighted by molar-refractivity contribution is -0.119. The first-order chi connectivity index (χ1) is 5.68. The van der Waals surface area contributed by atoms with E-state index in [1.165, 1.54) is 25.7 Å². The second kappa shape index (κ2) is 4.85.